The van der Waals surface area contributed by atoms with Crippen LogP contribution in [0.1, 0.15) is 29.5 Å². The number of benzene rings is 1. The molecule has 0 saturated heterocycles. The lowest BCUT2D eigenvalue weighted by molar-refractivity contribution is 0.490. The molecule has 102 valence electrons. The van der Waals surface area contributed by atoms with Gasteiger partial charge in [0, 0.05) is 24.0 Å². The molecule has 0 aliphatic carbocycles. The minimum atomic E-state index is 0.524. The first-order chi connectivity index (χ1) is 9.29. The van der Waals surface area contributed by atoms with E-state index in [-0.39, 0.29) is 0 Å². The van der Waals surface area contributed by atoms with E-state index in [0.717, 1.165) is 25.8 Å². The van der Waals surface area contributed by atoms with Crippen LogP contribution in [-0.2, 0) is 12.8 Å². The minimum Gasteiger partial charge on any atom is -0.314 e. The first-order valence-corrected chi connectivity index (χ1v) is 7.83. The summed E-state index contributed by atoms with van der Waals surface area (Å²) in [6.07, 6.45) is 5.23. The SMILES string of the molecule is CCNC(CCc1ccccc1C)Cc1nccs1. The summed E-state index contributed by atoms with van der Waals surface area (Å²) >= 11 is 1.75. The van der Waals surface area contributed by atoms with Crippen LogP contribution in [0.15, 0.2) is 35.8 Å². The van der Waals surface area contributed by atoms with Crippen molar-refractivity contribution in [2.45, 2.75) is 39.2 Å². The smallest absolute Gasteiger partial charge is 0.0940 e. The van der Waals surface area contributed by atoms with E-state index >= 15 is 0 Å². The third-order valence-corrected chi connectivity index (χ3v) is 4.22. The van der Waals surface area contributed by atoms with Gasteiger partial charge in [0.05, 0.1) is 5.01 Å². The van der Waals surface area contributed by atoms with E-state index in [1.807, 2.05) is 6.20 Å². The lowest BCUT2D eigenvalue weighted by Crippen LogP contribution is -2.31. The summed E-state index contributed by atoms with van der Waals surface area (Å²) in [7, 11) is 0. The summed E-state index contributed by atoms with van der Waals surface area (Å²) in [5.74, 6) is 0. The van der Waals surface area contributed by atoms with Gasteiger partial charge in [0.1, 0.15) is 0 Å². The predicted molar refractivity (Wildman–Crippen MR) is 82.8 cm³/mol. The first-order valence-electron chi connectivity index (χ1n) is 6.96. The van der Waals surface area contributed by atoms with E-state index in [9.17, 15) is 0 Å². The zero-order chi connectivity index (χ0) is 13.5. The zero-order valence-corrected chi connectivity index (χ0v) is 12.5. The number of aromatic nitrogens is 1. The van der Waals surface area contributed by atoms with Crippen LogP contribution < -0.4 is 5.32 Å². The molecule has 0 saturated carbocycles. The highest BCUT2D eigenvalue weighted by atomic mass is 32.1. The molecule has 2 nitrogen and oxygen atoms in total. The minimum absolute atomic E-state index is 0.524. The maximum atomic E-state index is 4.39. The number of nitrogens with zero attached hydrogens (tertiary/aromatic N) is 1. The van der Waals surface area contributed by atoms with Gasteiger partial charge in [-0.15, -0.1) is 11.3 Å². The standard InChI is InChI=1S/C16H22N2S/c1-3-17-15(12-16-18-10-11-19-16)9-8-14-7-5-4-6-13(14)2/h4-7,10-11,15,17H,3,8-9,12H2,1-2H3. The summed E-state index contributed by atoms with van der Waals surface area (Å²) in [4.78, 5) is 4.39. The second kappa shape index (κ2) is 7.41. The molecule has 1 atom stereocenters. The van der Waals surface area contributed by atoms with Crippen LogP contribution in [0, 0.1) is 6.92 Å². The maximum absolute atomic E-state index is 4.39. The van der Waals surface area contributed by atoms with Crippen LogP contribution in [0.5, 0.6) is 0 Å². The van der Waals surface area contributed by atoms with E-state index in [0.29, 0.717) is 6.04 Å². The van der Waals surface area contributed by atoms with Gasteiger partial charge in [-0.2, -0.15) is 0 Å². The Balaban J connectivity index is 1.91. The van der Waals surface area contributed by atoms with Crippen molar-refractivity contribution < 1.29 is 0 Å². The zero-order valence-electron chi connectivity index (χ0n) is 11.7. The van der Waals surface area contributed by atoms with Crippen LogP contribution >= 0.6 is 11.3 Å². The molecule has 0 fully saturated rings. The van der Waals surface area contributed by atoms with Gasteiger partial charge < -0.3 is 5.32 Å². The Morgan fingerprint density at radius 3 is 2.84 bits per heavy atom. The molecule has 1 aromatic carbocycles. The Hall–Kier alpha value is -1.19. The average Bonchev–Trinajstić information content (AvgIpc) is 2.91. The fourth-order valence-electron chi connectivity index (χ4n) is 2.35. The summed E-state index contributed by atoms with van der Waals surface area (Å²) in [5, 5.41) is 6.86. The van der Waals surface area contributed by atoms with Gasteiger partial charge in [-0.3, -0.25) is 0 Å². The Morgan fingerprint density at radius 2 is 2.16 bits per heavy atom. The predicted octanol–water partition coefficient (Wildman–Crippen LogP) is 3.60. The molecule has 3 heteroatoms. The number of aryl methyl sites for hydroxylation is 2. The number of hydrogen-bond acceptors (Lipinski definition) is 3. The molecule has 2 aromatic rings. The van der Waals surface area contributed by atoms with E-state index in [1.54, 1.807) is 11.3 Å². The molecule has 0 spiro atoms. The molecule has 0 amide bonds. The van der Waals surface area contributed by atoms with Crippen molar-refractivity contribution >= 4 is 11.3 Å². The molecule has 1 heterocycles. The molecule has 2 rings (SSSR count). The van der Waals surface area contributed by atoms with Gasteiger partial charge in [-0.05, 0) is 37.4 Å². The second-order valence-electron chi connectivity index (χ2n) is 4.85. The quantitative estimate of drug-likeness (QED) is 0.834. The average molecular weight is 274 g/mol. The third-order valence-electron chi connectivity index (χ3n) is 3.42. The Labute approximate surface area is 119 Å². The molecule has 0 radical (unpaired) electrons. The molecule has 0 bridgehead atoms. The normalized spacial score (nSPS) is 12.5. The molecule has 1 aromatic heterocycles. The Bertz CT molecular complexity index is 479. The molecule has 0 aliphatic heterocycles. The highest BCUT2D eigenvalue weighted by molar-refractivity contribution is 7.09. The van der Waals surface area contributed by atoms with Crippen LogP contribution in [0.4, 0.5) is 0 Å². The number of nitrogens with one attached hydrogen (secondary N) is 1. The van der Waals surface area contributed by atoms with Crippen molar-refractivity contribution in [3.63, 3.8) is 0 Å². The van der Waals surface area contributed by atoms with Crippen molar-refractivity contribution in [3.8, 4) is 0 Å². The molecular formula is C16H22N2S. The fourth-order valence-corrected chi connectivity index (χ4v) is 3.05. The summed E-state index contributed by atoms with van der Waals surface area (Å²) in [6.45, 7) is 5.38. The topological polar surface area (TPSA) is 24.9 Å². The van der Waals surface area contributed by atoms with Gasteiger partial charge in [0.25, 0.3) is 0 Å². The number of hydrogen-bond donors (Lipinski definition) is 1. The lowest BCUT2D eigenvalue weighted by Gasteiger charge is -2.17. The molecule has 0 aliphatic rings. The monoisotopic (exact) mass is 274 g/mol. The van der Waals surface area contributed by atoms with Gasteiger partial charge >= 0.3 is 0 Å². The van der Waals surface area contributed by atoms with E-state index < -0.39 is 0 Å². The van der Waals surface area contributed by atoms with Crippen LogP contribution in [0.25, 0.3) is 0 Å². The van der Waals surface area contributed by atoms with Gasteiger partial charge in [-0.1, -0.05) is 31.2 Å². The van der Waals surface area contributed by atoms with E-state index in [2.05, 4.69) is 53.8 Å². The number of thiazole rings is 1. The van der Waals surface area contributed by atoms with Crippen molar-refractivity contribution in [3.05, 3.63) is 52.0 Å². The first kappa shape index (κ1) is 14.2. The molecule has 1 N–H and O–H groups in total. The largest absolute Gasteiger partial charge is 0.314 e. The molecular weight excluding hydrogens is 252 g/mol. The second-order valence-corrected chi connectivity index (χ2v) is 5.83. The Morgan fingerprint density at radius 1 is 1.32 bits per heavy atom. The van der Waals surface area contributed by atoms with Crippen molar-refractivity contribution in [2.75, 3.05) is 6.54 Å². The summed E-state index contributed by atoms with van der Waals surface area (Å²) in [6, 6.07) is 9.19. The maximum Gasteiger partial charge on any atom is 0.0940 e. The summed E-state index contributed by atoms with van der Waals surface area (Å²) in [5.41, 5.74) is 2.86. The van der Waals surface area contributed by atoms with Gasteiger partial charge in [-0.25, -0.2) is 4.98 Å². The van der Waals surface area contributed by atoms with Crippen LogP contribution in [0.3, 0.4) is 0 Å². The van der Waals surface area contributed by atoms with Crippen molar-refractivity contribution in [2.24, 2.45) is 0 Å². The molecule has 19 heavy (non-hydrogen) atoms. The van der Waals surface area contributed by atoms with Crippen LogP contribution in [0.2, 0.25) is 0 Å². The Kier molecular flexibility index (Phi) is 5.55. The van der Waals surface area contributed by atoms with Crippen molar-refractivity contribution in [1.29, 1.82) is 0 Å². The van der Waals surface area contributed by atoms with Gasteiger partial charge in [0.15, 0.2) is 0 Å². The third kappa shape index (κ3) is 4.44. The number of rotatable bonds is 7. The van der Waals surface area contributed by atoms with Gasteiger partial charge in [0.2, 0.25) is 0 Å². The highest BCUT2D eigenvalue weighted by Gasteiger charge is 2.10. The summed E-state index contributed by atoms with van der Waals surface area (Å²) < 4.78 is 0. The van der Waals surface area contributed by atoms with Crippen LogP contribution in [-0.4, -0.2) is 17.6 Å². The lowest BCUT2D eigenvalue weighted by atomic mass is 9.99. The number of likely N-dealkylation sites (N-methyl/N-ethyl adjacent to an activating group) is 1. The molecule has 1 unspecified atom stereocenters. The fraction of sp³-hybridized carbons (Fsp3) is 0.438. The van der Waals surface area contributed by atoms with Crippen molar-refractivity contribution in [1.82, 2.24) is 10.3 Å². The van der Waals surface area contributed by atoms with E-state index in [1.165, 1.54) is 16.1 Å². The highest BCUT2D eigenvalue weighted by Crippen LogP contribution is 2.14. The van der Waals surface area contributed by atoms with E-state index in [4.69, 9.17) is 0 Å².